The van der Waals surface area contributed by atoms with Crippen molar-refractivity contribution in [1.82, 2.24) is 0 Å². The van der Waals surface area contributed by atoms with Crippen LogP contribution in [0.2, 0.25) is 0 Å². The topological polar surface area (TPSA) is 82.1 Å². The zero-order valence-electron chi connectivity index (χ0n) is 24.2. The molecule has 7 nitrogen and oxygen atoms in total. The highest BCUT2D eigenvalue weighted by atomic mass is 127. The number of carbonyl (C=O) groups excluding carboxylic acids is 3. The summed E-state index contributed by atoms with van der Waals surface area (Å²) in [7, 11) is 0. The van der Waals surface area contributed by atoms with Crippen LogP contribution in [0.4, 0.5) is 10.1 Å². The van der Waals surface area contributed by atoms with Crippen molar-refractivity contribution >= 4 is 46.1 Å². The van der Waals surface area contributed by atoms with Gasteiger partial charge in [0, 0.05) is 28.7 Å². The molecule has 5 rings (SSSR count). The molecule has 1 aliphatic rings. The highest BCUT2D eigenvalue weighted by Crippen LogP contribution is 2.49. The van der Waals surface area contributed by atoms with Gasteiger partial charge < -0.3 is 19.1 Å². The minimum Gasteiger partial charge on any atom is -0.489 e. The SMILES string of the molecule is CC(=O)Oc1ccc(N2C(=O)[C@H](CC[C@H](OC(C)=O)c3ccc(F)cc3)[C@H]2c2cc(I)ccc2OCc2ccccc2)cc1. The summed E-state index contributed by atoms with van der Waals surface area (Å²) in [4.78, 5) is 38.9. The molecule has 0 spiro atoms. The molecule has 0 bridgehead atoms. The Morgan fingerprint density at radius 1 is 0.909 bits per heavy atom. The van der Waals surface area contributed by atoms with Crippen molar-refractivity contribution in [2.24, 2.45) is 5.92 Å². The van der Waals surface area contributed by atoms with Crippen LogP contribution in [0.5, 0.6) is 11.5 Å². The van der Waals surface area contributed by atoms with E-state index in [0.717, 1.165) is 14.7 Å². The molecule has 3 atom stereocenters. The molecule has 0 N–H and O–H groups in total. The van der Waals surface area contributed by atoms with Gasteiger partial charge in [-0.1, -0.05) is 42.5 Å². The third kappa shape index (κ3) is 7.45. The van der Waals surface area contributed by atoms with E-state index in [9.17, 15) is 18.8 Å². The van der Waals surface area contributed by atoms with Crippen LogP contribution < -0.4 is 14.4 Å². The van der Waals surface area contributed by atoms with Crippen LogP contribution in [0.25, 0.3) is 0 Å². The predicted octanol–water partition coefficient (Wildman–Crippen LogP) is 7.72. The fourth-order valence-corrected chi connectivity index (χ4v) is 5.95. The van der Waals surface area contributed by atoms with Crippen molar-refractivity contribution in [3.63, 3.8) is 0 Å². The second-order valence-electron chi connectivity index (χ2n) is 10.5. The van der Waals surface area contributed by atoms with Gasteiger partial charge in [-0.2, -0.15) is 0 Å². The third-order valence-electron chi connectivity index (χ3n) is 7.41. The molecule has 1 heterocycles. The normalized spacial score (nSPS) is 16.5. The van der Waals surface area contributed by atoms with Crippen LogP contribution in [0.3, 0.4) is 0 Å². The van der Waals surface area contributed by atoms with Crippen LogP contribution >= 0.6 is 22.6 Å². The number of benzene rings is 4. The summed E-state index contributed by atoms with van der Waals surface area (Å²) in [6, 6.07) is 28.0. The van der Waals surface area contributed by atoms with Gasteiger partial charge >= 0.3 is 11.9 Å². The molecule has 1 saturated heterocycles. The molecule has 9 heteroatoms. The van der Waals surface area contributed by atoms with Gasteiger partial charge in [-0.25, -0.2) is 4.39 Å². The maximum Gasteiger partial charge on any atom is 0.308 e. The Hall–Kier alpha value is -4.25. The predicted molar refractivity (Wildman–Crippen MR) is 172 cm³/mol. The molecule has 1 fully saturated rings. The summed E-state index contributed by atoms with van der Waals surface area (Å²) >= 11 is 2.25. The molecule has 0 saturated carbocycles. The standard InChI is InChI=1S/C35H31FINO6/c1-22(39)43-29-15-13-28(14-16-29)38-34(31-20-27(37)12-18-33(31)42-21-24-6-4-3-5-7-24)30(35(38)41)17-19-32(44-23(2)40)25-8-10-26(36)11-9-25/h3-16,18,20,30,32,34H,17,19,21H2,1-2H3/t30-,32+,34+/m1/s1. The molecular formula is C35H31FINO6. The molecule has 1 amide bonds. The van der Waals surface area contributed by atoms with Crippen molar-refractivity contribution in [2.45, 2.75) is 45.4 Å². The van der Waals surface area contributed by atoms with Crippen molar-refractivity contribution in [2.75, 3.05) is 4.90 Å². The van der Waals surface area contributed by atoms with Crippen LogP contribution in [-0.2, 0) is 25.7 Å². The lowest BCUT2D eigenvalue weighted by Crippen LogP contribution is -2.55. The first kappa shape index (κ1) is 31.2. The largest absolute Gasteiger partial charge is 0.489 e. The summed E-state index contributed by atoms with van der Waals surface area (Å²) in [5.74, 6) is -0.775. The molecule has 0 unspecified atom stereocenters. The zero-order valence-corrected chi connectivity index (χ0v) is 26.4. The minimum absolute atomic E-state index is 0.0937. The summed E-state index contributed by atoms with van der Waals surface area (Å²) in [6.45, 7) is 3.02. The minimum atomic E-state index is -0.636. The van der Waals surface area contributed by atoms with Gasteiger partial charge in [0.25, 0.3) is 0 Å². The van der Waals surface area contributed by atoms with E-state index in [1.54, 1.807) is 41.3 Å². The second kappa shape index (κ2) is 14.0. The van der Waals surface area contributed by atoms with E-state index in [-0.39, 0.29) is 17.8 Å². The van der Waals surface area contributed by atoms with Gasteiger partial charge in [-0.3, -0.25) is 14.4 Å². The van der Waals surface area contributed by atoms with E-state index in [0.29, 0.717) is 42.2 Å². The number of β-lactam (4-membered cyclic amide) rings is 1. The summed E-state index contributed by atoms with van der Waals surface area (Å²) < 4.78 is 31.7. The van der Waals surface area contributed by atoms with Crippen LogP contribution in [0.1, 0.15) is 55.5 Å². The lowest BCUT2D eigenvalue weighted by Gasteiger charge is -2.48. The van der Waals surface area contributed by atoms with E-state index in [4.69, 9.17) is 14.2 Å². The van der Waals surface area contributed by atoms with E-state index >= 15 is 0 Å². The third-order valence-corrected chi connectivity index (χ3v) is 8.08. The Kier molecular flexibility index (Phi) is 9.94. The fourth-order valence-electron chi connectivity index (χ4n) is 5.43. The van der Waals surface area contributed by atoms with Crippen molar-refractivity contribution in [1.29, 1.82) is 0 Å². The first-order valence-electron chi connectivity index (χ1n) is 14.2. The maximum atomic E-state index is 13.8. The number of hydrogen-bond acceptors (Lipinski definition) is 6. The van der Waals surface area contributed by atoms with Gasteiger partial charge in [-0.05, 0) is 101 Å². The molecule has 0 aliphatic carbocycles. The first-order chi connectivity index (χ1) is 21.2. The zero-order chi connectivity index (χ0) is 31.2. The number of amides is 1. The molecular weight excluding hydrogens is 676 g/mol. The number of nitrogens with zero attached hydrogens (tertiary/aromatic N) is 1. The van der Waals surface area contributed by atoms with Crippen molar-refractivity contribution in [3.8, 4) is 11.5 Å². The van der Waals surface area contributed by atoms with Crippen molar-refractivity contribution < 1.29 is 33.0 Å². The average Bonchev–Trinajstić information content (AvgIpc) is 3.00. The molecule has 4 aromatic carbocycles. The molecule has 4 aromatic rings. The number of esters is 2. The van der Waals surface area contributed by atoms with E-state index < -0.39 is 24.0 Å². The quantitative estimate of drug-likeness (QED) is 0.0688. The number of carbonyl (C=O) groups is 3. The molecule has 226 valence electrons. The fraction of sp³-hybridized carbons (Fsp3) is 0.229. The van der Waals surface area contributed by atoms with Crippen LogP contribution in [0, 0.1) is 15.3 Å². The molecule has 0 radical (unpaired) electrons. The van der Waals surface area contributed by atoms with Crippen LogP contribution in [0.15, 0.2) is 97.1 Å². The number of halogens is 2. The molecule has 1 aliphatic heterocycles. The molecule has 44 heavy (non-hydrogen) atoms. The van der Waals surface area contributed by atoms with Gasteiger partial charge in [0.2, 0.25) is 5.91 Å². The highest BCUT2D eigenvalue weighted by Gasteiger charge is 2.49. The van der Waals surface area contributed by atoms with Gasteiger partial charge in [0.05, 0.1) is 12.0 Å². The second-order valence-corrected chi connectivity index (χ2v) is 11.8. The van der Waals surface area contributed by atoms with E-state index in [1.165, 1.54) is 26.0 Å². The average molecular weight is 708 g/mol. The Bertz CT molecular complexity index is 1630. The van der Waals surface area contributed by atoms with Crippen molar-refractivity contribution in [3.05, 3.63) is 123 Å². The smallest absolute Gasteiger partial charge is 0.308 e. The Balaban J connectivity index is 1.47. The molecule has 0 aromatic heterocycles. The number of hydrogen-bond donors (Lipinski definition) is 0. The monoisotopic (exact) mass is 707 g/mol. The Morgan fingerprint density at radius 3 is 2.27 bits per heavy atom. The summed E-state index contributed by atoms with van der Waals surface area (Å²) in [5.41, 5.74) is 3.17. The van der Waals surface area contributed by atoms with Gasteiger partial charge in [0.15, 0.2) is 0 Å². The maximum absolute atomic E-state index is 13.8. The van der Waals surface area contributed by atoms with Gasteiger partial charge in [-0.15, -0.1) is 0 Å². The Labute approximate surface area is 269 Å². The van der Waals surface area contributed by atoms with E-state index in [2.05, 4.69) is 22.6 Å². The number of anilines is 1. The lowest BCUT2D eigenvalue weighted by atomic mass is 9.78. The van der Waals surface area contributed by atoms with Crippen LogP contribution in [-0.4, -0.2) is 17.8 Å². The summed E-state index contributed by atoms with van der Waals surface area (Å²) in [6.07, 6.45) is 0.134. The number of rotatable bonds is 11. The number of ether oxygens (including phenoxy) is 3. The lowest BCUT2D eigenvalue weighted by molar-refractivity contribution is -0.147. The first-order valence-corrected chi connectivity index (χ1v) is 15.3. The Morgan fingerprint density at radius 2 is 1.61 bits per heavy atom. The highest BCUT2D eigenvalue weighted by molar-refractivity contribution is 14.1. The summed E-state index contributed by atoms with van der Waals surface area (Å²) in [5, 5.41) is 0. The van der Waals surface area contributed by atoms with E-state index in [1.807, 2.05) is 48.5 Å². The van der Waals surface area contributed by atoms with Gasteiger partial charge in [0.1, 0.15) is 30.0 Å².